The second-order valence-electron chi connectivity index (χ2n) is 4.16. The Balaban J connectivity index is 0.000000422. The third-order valence-electron chi connectivity index (χ3n) is 2.55. The molecule has 1 aromatic heterocycles. The van der Waals surface area contributed by atoms with E-state index >= 15 is 0 Å². The van der Waals surface area contributed by atoms with E-state index in [1.54, 1.807) is 18.2 Å². The van der Waals surface area contributed by atoms with Crippen LogP contribution in [0.3, 0.4) is 0 Å². The first-order valence-corrected chi connectivity index (χ1v) is 6.52. The quantitative estimate of drug-likeness (QED) is 0.826. The van der Waals surface area contributed by atoms with Gasteiger partial charge in [0.15, 0.2) is 5.69 Å². The van der Waals surface area contributed by atoms with Crippen LogP contribution in [0.1, 0.15) is 17.4 Å². The first-order valence-electron chi connectivity index (χ1n) is 6.14. The summed E-state index contributed by atoms with van der Waals surface area (Å²) in [5.74, 6) is -1.25. The predicted molar refractivity (Wildman–Crippen MR) is 82.6 cm³/mol. The van der Waals surface area contributed by atoms with Gasteiger partial charge >= 0.3 is 5.97 Å². The van der Waals surface area contributed by atoms with Gasteiger partial charge in [-0.3, -0.25) is 9.59 Å². The van der Waals surface area contributed by atoms with Gasteiger partial charge in [-0.1, -0.05) is 23.7 Å². The molecule has 2 rings (SSSR count). The van der Waals surface area contributed by atoms with Crippen LogP contribution in [0.15, 0.2) is 36.5 Å². The van der Waals surface area contributed by atoms with E-state index < -0.39 is 5.91 Å². The Morgan fingerprint density at radius 1 is 1.27 bits per heavy atom. The van der Waals surface area contributed by atoms with Gasteiger partial charge in [-0.25, -0.2) is 4.98 Å². The topological polar surface area (TPSA) is 103 Å². The van der Waals surface area contributed by atoms with Crippen molar-refractivity contribution in [3.63, 3.8) is 0 Å². The van der Waals surface area contributed by atoms with Crippen LogP contribution in [-0.2, 0) is 9.53 Å². The van der Waals surface area contributed by atoms with Crippen molar-refractivity contribution in [2.45, 2.75) is 6.92 Å². The first-order chi connectivity index (χ1) is 10.3. The second kappa shape index (κ2) is 7.99. The highest BCUT2D eigenvalue weighted by Crippen LogP contribution is 2.26. The van der Waals surface area contributed by atoms with Crippen molar-refractivity contribution >= 4 is 23.5 Å². The van der Waals surface area contributed by atoms with Crippen molar-refractivity contribution in [1.82, 2.24) is 4.98 Å². The minimum Gasteiger partial charge on any atom is -0.505 e. The fourth-order valence-electron chi connectivity index (χ4n) is 1.47. The summed E-state index contributed by atoms with van der Waals surface area (Å²) in [5.41, 5.74) is 6.37. The molecule has 0 saturated carbocycles. The van der Waals surface area contributed by atoms with Gasteiger partial charge in [-0.05, 0) is 23.8 Å². The molecular weight excluding hydrogens is 308 g/mol. The van der Waals surface area contributed by atoms with Gasteiger partial charge in [-0.15, -0.1) is 0 Å². The van der Waals surface area contributed by atoms with Gasteiger partial charge in [0.2, 0.25) is 0 Å². The Morgan fingerprint density at radius 3 is 2.36 bits per heavy atom. The van der Waals surface area contributed by atoms with Crippen LogP contribution >= 0.6 is 11.6 Å². The van der Waals surface area contributed by atoms with Crippen molar-refractivity contribution in [2.75, 3.05) is 7.11 Å². The van der Waals surface area contributed by atoms with Crippen LogP contribution < -0.4 is 5.73 Å². The number of nitrogens with zero attached hydrogens (tertiary/aromatic N) is 1. The summed E-state index contributed by atoms with van der Waals surface area (Å²) < 4.78 is 4.11. The average molecular weight is 323 g/mol. The lowest BCUT2D eigenvalue weighted by Crippen LogP contribution is -2.13. The molecule has 0 aliphatic carbocycles. The normalized spacial score (nSPS) is 9.41. The summed E-state index contributed by atoms with van der Waals surface area (Å²) in [4.78, 5) is 24.3. The molecule has 0 fully saturated rings. The van der Waals surface area contributed by atoms with Crippen LogP contribution in [0.25, 0.3) is 11.1 Å². The van der Waals surface area contributed by atoms with Gasteiger partial charge in [0.05, 0.1) is 7.11 Å². The number of halogens is 1. The largest absolute Gasteiger partial charge is 0.505 e. The number of primary amides is 1. The van der Waals surface area contributed by atoms with Gasteiger partial charge in [0.25, 0.3) is 5.91 Å². The molecule has 0 aliphatic heterocycles. The molecule has 0 spiro atoms. The van der Waals surface area contributed by atoms with E-state index in [0.29, 0.717) is 10.6 Å². The molecular formula is C15H15ClN2O4. The third-order valence-corrected chi connectivity index (χ3v) is 2.78. The summed E-state index contributed by atoms with van der Waals surface area (Å²) >= 11 is 5.86. The Bertz CT molecular complexity index is 689. The van der Waals surface area contributed by atoms with Crippen LogP contribution in [0.5, 0.6) is 5.75 Å². The molecule has 0 radical (unpaired) electrons. The van der Waals surface area contributed by atoms with E-state index in [4.69, 9.17) is 17.3 Å². The van der Waals surface area contributed by atoms with Gasteiger partial charge < -0.3 is 15.6 Å². The summed E-state index contributed by atoms with van der Waals surface area (Å²) in [6, 6.07) is 8.53. The first kappa shape index (κ1) is 17.5. The maximum absolute atomic E-state index is 10.9. The van der Waals surface area contributed by atoms with Crippen molar-refractivity contribution in [3.8, 4) is 16.9 Å². The zero-order chi connectivity index (χ0) is 16.7. The number of aromatic nitrogens is 1. The lowest BCUT2D eigenvalue weighted by atomic mass is 10.1. The van der Waals surface area contributed by atoms with Gasteiger partial charge in [0.1, 0.15) is 5.75 Å². The summed E-state index contributed by atoms with van der Waals surface area (Å²) in [7, 11) is 1.35. The molecule has 0 saturated heterocycles. The fourth-order valence-corrected chi connectivity index (χ4v) is 1.66. The molecule has 22 heavy (non-hydrogen) atoms. The number of hydrogen-bond acceptors (Lipinski definition) is 5. The predicted octanol–water partition coefficient (Wildman–Crippen LogP) is 2.39. The van der Waals surface area contributed by atoms with Crippen LogP contribution in [0.2, 0.25) is 5.02 Å². The van der Waals surface area contributed by atoms with Crippen LogP contribution in [0.4, 0.5) is 0 Å². The number of pyridine rings is 1. The van der Waals surface area contributed by atoms with Crippen molar-refractivity contribution in [3.05, 3.63) is 47.2 Å². The van der Waals surface area contributed by atoms with Crippen molar-refractivity contribution in [1.29, 1.82) is 0 Å². The average Bonchev–Trinajstić information content (AvgIpc) is 2.47. The number of methoxy groups -OCH3 is 1. The fraction of sp³-hybridized carbons (Fsp3) is 0.133. The standard InChI is InChI=1S/C12H9ClN2O2.C3H6O2/c13-9-3-1-2-7(4-9)8-5-10(16)11(12(14)17)15-6-8;1-3(4)5-2/h1-6,16H,(H2,14,17);1-2H3. The Morgan fingerprint density at radius 2 is 1.91 bits per heavy atom. The van der Waals surface area contributed by atoms with E-state index in [0.717, 1.165) is 5.56 Å². The van der Waals surface area contributed by atoms with Crippen molar-refractivity contribution < 1.29 is 19.4 Å². The van der Waals surface area contributed by atoms with Crippen LogP contribution in [-0.4, -0.2) is 29.1 Å². The molecule has 3 N–H and O–H groups in total. The molecule has 0 atom stereocenters. The number of rotatable bonds is 2. The smallest absolute Gasteiger partial charge is 0.302 e. The number of carbonyl (C=O) groups excluding carboxylic acids is 2. The second-order valence-corrected chi connectivity index (χ2v) is 4.60. The van der Waals surface area contributed by atoms with Crippen molar-refractivity contribution in [2.24, 2.45) is 5.73 Å². The number of nitrogens with two attached hydrogens (primary N) is 1. The lowest BCUT2D eigenvalue weighted by Gasteiger charge is -2.04. The number of hydrogen-bond donors (Lipinski definition) is 2. The molecule has 0 aliphatic rings. The molecule has 116 valence electrons. The Labute approximate surface area is 132 Å². The molecule has 2 aromatic rings. The van der Waals surface area contributed by atoms with E-state index in [-0.39, 0.29) is 17.4 Å². The number of esters is 1. The summed E-state index contributed by atoms with van der Waals surface area (Å²) in [6.07, 6.45) is 1.46. The zero-order valence-electron chi connectivity index (χ0n) is 12.0. The minimum atomic E-state index is -0.764. The van der Waals surface area contributed by atoms with Gasteiger partial charge in [-0.2, -0.15) is 0 Å². The highest BCUT2D eigenvalue weighted by atomic mass is 35.5. The number of amides is 1. The maximum atomic E-state index is 10.9. The maximum Gasteiger partial charge on any atom is 0.302 e. The highest BCUT2D eigenvalue weighted by Gasteiger charge is 2.10. The Kier molecular flexibility index (Phi) is 6.34. The molecule has 0 unspecified atom stereocenters. The molecule has 1 aromatic carbocycles. The van der Waals surface area contributed by atoms with Crippen LogP contribution in [0, 0.1) is 0 Å². The Hall–Kier alpha value is -2.60. The minimum absolute atomic E-state index is 0.143. The number of aromatic hydroxyl groups is 1. The number of carbonyl (C=O) groups is 2. The molecule has 1 amide bonds. The zero-order valence-corrected chi connectivity index (χ0v) is 12.8. The third kappa shape index (κ3) is 5.06. The van der Waals surface area contributed by atoms with E-state index in [1.807, 2.05) is 6.07 Å². The lowest BCUT2D eigenvalue weighted by molar-refractivity contribution is -0.137. The van der Waals surface area contributed by atoms with E-state index in [9.17, 15) is 14.7 Å². The summed E-state index contributed by atoms with van der Waals surface area (Å²) in [5, 5.41) is 10.2. The van der Waals surface area contributed by atoms with E-state index in [2.05, 4.69) is 9.72 Å². The SMILES string of the molecule is COC(C)=O.NC(=O)c1ncc(-c2cccc(Cl)c2)cc1O. The molecule has 0 bridgehead atoms. The molecule has 1 heterocycles. The molecule has 6 nitrogen and oxygen atoms in total. The van der Waals surface area contributed by atoms with E-state index in [1.165, 1.54) is 26.3 Å². The monoisotopic (exact) mass is 322 g/mol. The highest BCUT2D eigenvalue weighted by molar-refractivity contribution is 6.30. The number of benzene rings is 1. The summed E-state index contributed by atoms with van der Waals surface area (Å²) in [6.45, 7) is 1.36. The number of ether oxygens (including phenoxy) is 1. The molecule has 7 heteroatoms. The van der Waals surface area contributed by atoms with Gasteiger partial charge in [0, 0.05) is 23.7 Å².